The largest absolute Gasteiger partial charge is 0.359 e. The van der Waals surface area contributed by atoms with E-state index in [9.17, 15) is 9.18 Å². The van der Waals surface area contributed by atoms with Gasteiger partial charge in [-0.3, -0.25) is 4.79 Å². The normalized spacial score (nSPS) is 11.2. The lowest BCUT2D eigenvalue weighted by Crippen LogP contribution is -2.01. The van der Waals surface area contributed by atoms with Crippen LogP contribution in [0.1, 0.15) is 17.3 Å². The molecule has 0 aromatic heterocycles. The Morgan fingerprint density at radius 3 is 2.53 bits per heavy atom. The van der Waals surface area contributed by atoms with Gasteiger partial charge in [0, 0.05) is 23.0 Å². The van der Waals surface area contributed by atoms with Crippen LogP contribution in [0.3, 0.4) is 0 Å². The van der Waals surface area contributed by atoms with Crippen molar-refractivity contribution in [1.82, 2.24) is 0 Å². The molecule has 2 aromatic carbocycles. The van der Waals surface area contributed by atoms with Crippen molar-refractivity contribution in [2.45, 2.75) is 6.92 Å². The van der Waals surface area contributed by atoms with Crippen LogP contribution in [-0.4, -0.2) is 5.78 Å². The van der Waals surface area contributed by atoms with Gasteiger partial charge in [-0.25, -0.2) is 4.39 Å². The highest BCUT2D eigenvalue weighted by Gasteiger charge is 2.02. The second-order valence-electron chi connectivity index (χ2n) is 4.19. The van der Waals surface area contributed by atoms with E-state index in [-0.39, 0.29) is 11.6 Å². The maximum Gasteiger partial charge on any atom is 0.187 e. The van der Waals surface area contributed by atoms with Gasteiger partial charge in [0.25, 0.3) is 0 Å². The van der Waals surface area contributed by atoms with Crippen LogP contribution in [0.15, 0.2) is 66.4 Å². The molecule has 0 amide bonds. The number of carbonyl (C=O) groups is 1. The number of nitrogens with one attached hydrogen (secondary N) is 1. The van der Waals surface area contributed by atoms with Crippen LogP contribution in [0.25, 0.3) is 0 Å². The van der Waals surface area contributed by atoms with Crippen molar-refractivity contribution in [3.05, 3.63) is 77.8 Å². The molecule has 0 aliphatic heterocycles. The highest BCUT2D eigenvalue weighted by atomic mass is 19.1. The zero-order valence-corrected chi connectivity index (χ0v) is 10.6. The summed E-state index contributed by atoms with van der Waals surface area (Å²) in [6.45, 7) is 1.77. The second kappa shape index (κ2) is 5.96. The van der Waals surface area contributed by atoms with Crippen molar-refractivity contribution in [1.29, 1.82) is 0 Å². The van der Waals surface area contributed by atoms with Gasteiger partial charge in [0.05, 0.1) is 0 Å². The van der Waals surface area contributed by atoms with Gasteiger partial charge >= 0.3 is 0 Å². The van der Waals surface area contributed by atoms with Gasteiger partial charge in [-0.15, -0.1) is 0 Å². The van der Waals surface area contributed by atoms with Gasteiger partial charge in [-0.1, -0.05) is 36.4 Å². The third-order valence-electron chi connectivity index (χ3n) is 2.57. The first-order valence-corrected chi connectivity index (χ1v) is 5.95. The van der Waals surface area contributed by atoms with Crippen LogP contribution >= 0.6 is 0 Å². The molecule has 0 saturated heterocycles. The molecule has 3 heteroatoms. The molecule has 0 radical (unpaired) electrons. The van der Waals surface area contributed by atoms with E-state index in [0.29, 0.717) is 16.9 Å². The zero-order chi connectivity index (χ0) is 13.7. The summed E-state index contributed by atoms with van der Waals surface area (Å²) in [4.78, 5) is 11.9. The zero-order valence-electron chi connectivity index (χ0n) is 10.6. The summed E-state index contributed by atoms with van der Waals surface area (Å²) < 4.78 is 13.0. The maximum atomic E-state index is 13.0. The number of rotatable bonds is 4. The Kier molecular flexibility index (Phi) is 4.08. The maximum absolute atomic E-state index is 13.0. The Balaban J connectivity index is 2.09. The smallest absolute Gasteiger partial charge is 0.187 e. The van der Waals surface area contributed by atoms with Gasteiger partial charge < -0.3 is 5.32 Å². The highest BCUT2D eigenvalue weighted by Crippen LogP contribution is 2.12. The van der Waals surface area contributed by atoms with Crippen LogP contribution in [0.2, 0.25) is 0 Å². The summed E-state index contributed by atoms with van der Waals surface area (Å²) >= 11 is 0. The van der Waals surface area contributed by atoms with E-state index in [1.54, 1.807) is 31.2 Å². The third kappa shape index (κ3) is 3.78. The first kappa shape index (κ1) is 13.0. The predicted octanol–water partition coefficient (Wildman–Crippen LogP) is 4.02. The minimum absolute atomic E-state index is 0.0815. The molecule has 0 unspecified atom stereocenters. The fourth-order valence-electron chi connectivity index (χ4n) is 1.71. The number of benzene rings is 2. The molecule has 1 N–H and O–H groups in total. The summed E-state index contributed by atoms with van der Waals surface area (Å²) in [5.74, 6) is -0.394. The van der Waals surface area contributed by atoms with Gasteiger partial charge in [0.2, 0.25) is 0 Å². The average molecular weight is 255 g/mol. The highest BCUT2D eigenvalue weighted by molar-refractivity contribution is 6.05. The Labute approximate surface area is 111 Å². The average Bonchev–Trinajstić information content (AvgIpc) is 2.39. The number of carbonyl (C=O) groups excluding carboxylic acids is 1. The minimum atomic E-state index is -0.313. The molecule has 0 fully saturated rings. The fourth-order valence-corrected chi connectivity index (χ4v) is 1.71. The van der Waals surface area contributed by atoms with Crippen molar-refractivity contribution >= 4 is 11.5 Å². The fraction of sp³-hybridized carbons (Fsp3) is 0.0625. The van der Waals surface area contributed by atoms with Crippen molar-refractivity contribution in [2.75, 3.05) is 5.32 Å². The van der Waals surface area contributed by atoms with Crippen LogP contribution in [0.5, 0.6) is 0 Å². The molecule has 0 aliphatic rings. The molecule has 0 aliphatic carbocycles. The van der Waals surface area contributed by atoms with Crippen LogP contribution in [0.4, 0.5) is 10.1 Å². The quantitative estimate of drug-likeness (QED) is 0.660. The lowest BCUT2D eigenvalue weighted by Gasteiger charge is -2.06. The second-order valence-corrected chi connectivity index (χ2v) is 4.19. The predicted molar refractivity (Wildman–Crippen MR) is 74.6 cm³/mol. The van der Waals surface area contributed by atoms with E-state index >= 15 is 0 Å². The van der Waals surface area contributed by atoms with Gasteiger partial charge in [-0.05, 0) is 25.1 Å². The number of hydrogen-bond donors (Lipinski definition) is 1. The molecule has 2 aromatic rings. The number of ketones is 1. The summed E-state index contributed by atoms with van der Waals surface area (Å²) in [5.41, 5.74) is 1.91. The minimum Gasteiger partial charge on any atom is -0.359 e. The number of allylic oxidation sites excluding steroid dienone is 2. The molecular weight excluding hydrogens is 241 g/mol. The molecule has 0 atom stereocenters. The number of halogens is 1. The lowest BCUT2D eigenvalue weighted by molar-refractivity contribution is 0.104. The summed E-state index contributed by atoms with van der Waals surface area (Å²) in [5, 5.41) is 2.98. The summed E-state index contributed by atoms with van der Waals surface area (Å²) in [7, 11) is 0. The molecule has 2 nitrogen and oxygen atoms in total. The molecule has 0 heterocycles. The third-order valence-corrected chi connectivity index (χ3v) is 2.57. The summed E-state index contributed by atoms with van der Waals surface area (Å²) in [6.07, 6.45) is 1.50. The van der Waals surface area contributed by atoms with Gasteiger partial charge in [-0.2, -0.15) is 0 Å². The molecule has 2 rings (SSSR count). The Morgan fingerprint density at radius 1 is 1.11 bits per heavy atom. The van der Waals surface area contributed by atoms with Gasteiger partial charge in [0.1, 0.15) is 5.82 Å². The van der Waals surface area contributed by atoms with E-state index < -0.39 is 0 Å². The SMILES string of the molecule is C/C(=C\C(=O)c1ccccc1)Nc1cccc(F)c1. The van der Waals surface area contributed by atoms with Crippen molar-refractivity contribution < 1.29 is 9.18 Å². The monoisotopic (exact) mass is 255 g/mol. The first-order valence-electron chi connectivity index (χ1n) is 5.95. The Bertz CT molecular complexity index is 605. The Morgan fingerprint density at radius 2 is 1.84 bits per heavy atom. The molecule has 0 bridgehead atoms. The first-order chi connectivity index (χ1) is 9.15. The van der Waals surface area contributed by atoms with Gasteiger partial charge in [0.15, 0.2) is 5.78 Å². The van der Waals surface area contributed by atoms with E-state index in [1.165, 1.54) is 18.2 Å². The van der Waals surface area contributed by atoms with E-state index in [4.69, 9.17) is 0 Å². The standard InChI is InChI=1S/C16H14FNO/c1-12(18-15-9-5-8-14(17)11-15)10-16(19)13-6-3-2-4-7-13/h2-11,18H,1H3/b12-10+. The number of hydrogen-bond acceptors (Lipinski definition) is 2. The molecule has 0 spiro atoms. The molecule has 19 heavy (non-hydrogen) atoms. The van der Waals surface area contributed by atoms with E-state index in [2.05, 4.69) is 5.32 Å². The number of anilines is 1. The summed E-state index contributed by atoms with van der Waals surface area (Å²) in [6, 6.07) is 15.1. The molecule has 96 valence electrons. The van der Waals surface area contributed by atoms with Crippen molar-refractivity contribution in [3.63, 3.8) is 0 Å². The van der Waals surface area contributed by atoms with E-state index in [1.807, 2.05) is 18.2 Å². The van der Waals surface area contributed by atoms with Crippen molar-refractivity contribution in [3.8, 4) is 0 Å². The van der Waals surface area contributed by atoms with Crippen molar-refractivity contribution in [2.24, 2.45) is 0 Å². The molecular formula is C16H14FNO. The molecule has 0 saturated carbocycles. The van der Waals surface area contributed by atoms with E-state index in [0.717, 1.165) is 0 Å². The van der Waals surface area contributed by atoms with Crippen LogP contribution in [0, 0.1) is 5.82 Å². The van der Waals surface area contributed by atoms with Crippen LogP contribution < -0.4 is 5.32 Å². The van der Waals surface area contributed by atoms with Crippen LogP contribution in [-0.2, 0) is 0 Å². The Hall–Kier alpha value is -2.42. The topological polar surface area (TPSA) is 29.1 Å². The lowest BCUT2D eigenvalue weighted by atomic mass is 10.1.